The Morgan fingerprint density at radius 1 is 1.00 bits per heavy atom. The van der Waals surface area contributed by atoms with Crippen molar-refractivity contribution >= 4 is 27.1 Å². The molecule has 2 aromatic carbocycles. The lowest BCUT2D eigenvalue weighted by atomic mass is 9.97. The largest absolute Gasteiger partial charge is 0.457 e. The third-order valence-electron chi connectivity index (χ3n) is 3.62. The predicted octanol–water partition coefficient (Wildman–Crippen LogP) is 1.96. The minimum absolute atomic E-state index is 0.0376. The highest BCUT2D eigenvalue weighted by Gasteiger charge is 2.27. The van der Waals surface area contributed by atoms with Crippen molar-refractivity contribution in [1.82, 2.24) is 4.89 Å². The summed E-state index contributed by atoms with van der Waals surface area (Å²) in [6.07, 6.45) is 0. The van der Waals surface area contributed by atoms with E-state index in [1.54, 1.807) is 0 Å². The first-order valence-corrected chi connectivity index (χ1v) is 8.33. The maximum Gasteiger partial charge on any atom is 0.339 e. The molecule has 0 atom stereocenters. The fourth-order valence-corrected chi connectivity index (χ4v) is 3.03. The summed E-state index contributed by atoms with van der Waals surface area (Å²) in [6.45, 7) is 0.0376. The molecule has 0 saturated carbocycles. The number of nitrogens with one attached hydrogen (secondary N) is 1. The highest BCUT2D eigenvalue weighted by Crippen LogP contribution is 2.33. The smallest absolute Gasteiger partial charge is 0.339 e. The molecule has 3 rings (SSSR count). The van der Waals surface area contributed by atoms with Crippen molar-refractivity contribution in [2.45, 2.75) is 4.90 Å². The van der Waals surface area contributed by atoms with Crippen LogP contribution in [-0.2, 0) is 19.6 Å². The van der Waals surface area contributed by atoms with Crippen molar-refractivity contribution in [3.8, 4) is 0 Å². The number of cyclic esters (lactones) is 1. The van der Waals surface area contributed by atoms with Crippen LogP contribution in [0.25, 0.3) is 11.1 Å². The first-order chi connectivity index (χ1) is 11.4. The molecule has 0 aliphatic carbocycles. The second-order valence-corrected chi connectivity index (χ2v) is 6.72. The number of ether oxygens (including phenoxy) is 1. The van der Waals surface area contributed by atoms with Crippen LogP contribution in [0.2, 0.25) is 0 Å². The topological polar surface area (TPSA) is 92.7 Å². The van der Waals surface area contributed by atoms with E-state index in [4.69, 9.17) is 9.94 Å². The number of hydrogen-bond donors (Lipinski definition) is 2. The van der Waals surface area contributed by atoms with Gasteiger partial charge >= 0.3 is 5.97 Å². The summed E-state index contributed by atoms with van der Waals surface area (Å²) in [7, 11) is -3.97. The third kappa shape index (κ3) is 2.94. The average Bonchev–Trinajstić information content (AvgIpc) is 2.97. The zero-order valence-electron chi connectivity index (χ0n) is 12.2. The lowest BCUT2D eigenvalue weighted by Gasteiger charge is -2.06. The van der Waals surface area contributed by atoms with Crippen molar-refractivity contribution in [1.29, 1.82) is 0 Å². The van der Waals surface area contributed by atoms with Crippen LogP contribution in [0, 0.1) is 5.82 Å². The van der Waals surface area contributed by atoms with Gasteiger partial charge in [0.1, 0.15) is 12.4 Å². The Balaban J connectivity index is 2.06. The molecule has 0 saturated heterocycles. The van der Waals surface area contributed by atoms with Crippen LogP contribution >= 0.6 is 0 Å². The molecule has 8 heteroatoms. The van der Waals surface area contributed by atoms with E-state index in [1.807, 2.05) is 0 Å². The summed E-state index contributed by atoms with van der Waals surface area (Å²) >= 11 is 0. The van der Waals surface area contributed by atoms with Crippen molar-refractivity contribution in [2.24, 2.45) is 0 Å². The number of sulfonamides is 1. The Kier molecular flexibility index (Phi) is 4.18. The maximum absolute atomic E-state index is 13.1. The van der Waals surface area contributed by atoms with E-state index in [0.717, 1.165) is 0 Å². The van der Waals surface area contributed by atoms with Gasteiger partial charge in [0, 0.05) is 5.57 Å². The lowest BCUT2D eigenvalue weighted by molar-refractivity contribution is -0.133. The Bertz CT molecular complexity index is 918. The zero-order valence-corrected chi connectivity index (χ0v) is 13.0. The minimum Gasteiger partial charge on any atom is -0.457 e. The molecule has 24 heavy (non-hydrogen) atoms. The molecule has 2 aromatic rings. The Hall–Kier alpha value is -2.55. The van der Waals surface area contributed by atoms with Crippen LogP contribution in [0.5, 0.6) is 0 Å². The van der Waals surface area contributed by atoms with Gasteiger partial charge in [0.05, 0.1) is 10.5 Å². The summed E-state index contributed by atoms with van der Waals surface area (Å²) in [5.41, 5.74) is 2.00. The van der Waals surface area contributed by atoms with Crippen molar-refractivity contribution < 1.29 is 27.5 Å². The van der Waals surface area contributed by atoms with Gasteiger partial charge in [-0.05, 0) is 35.4 Å². The Labute approximate surface area is 137 Å². The highest BCUT2D eigenvalue weighted by atomic mass is 32.2. The van der Waals surface area contributed by atoms with Gasteiger partial charge < -0.3 is 9.94 Å². The van der Waals surface area contributed by atoms with Gasteiger partial charge in [-0.15, -0.1) is 0 Å². The summed E-state index contributed by atoms with van der Waals surface area (Å²) in [6, 6.07) is 11.0. The summed E-state index contributed by atoms with van der Waals surface area (Å²) in [5.74, 6) is -0.941. The quantitative estimate of drug-likeness (QED) is 0.650. The first kappa shape index (κ1) is 16.3. The minimum atomic E-state index is -3.97. The molecule has 0 aromatic heterocycles. The molecule has 1 heterocycles. The van der Waals surface area contributed by atoms with Crippen molar-refractivity contribution in [3.05, 3.63) is 65.5 Å². The van der Waals surface area contributed by atoms with Gasteiger partial charge in [-0.1, -0.05) is 29.2 Å². The molecule has 0 radical (unpaired) electrons. The molecule has 0 fully saturated rings. The molecular weight excluding hydrogens is 337 g/mol. The second kappa shape index (κ2) is 6.16. The van der Waals surface area contributed by atoms with Gasteiger partial charge in [0.2, 0.25) is 0 Å². The van der Waals surface area contributed by atoms with Gasteiger partial charge in [-0.3, -0.25) is 0 Å². The number of rotatable bonds is 4. The SMILES string of the molecule is O=C1OCC(c2ccc(S(=O)(=O)NO)cc2)=C1c1ccc(F)cc1. The van der Waals surface area contributed by atoms with E-state index >= 15 is 0 Å². The van der Waals surface area contributed by atoms with Crippen molar-refractivity contribution in [3.63, 3.8) is 0 Å². The maximum atomic E-state index is 13.1. The lowest BCUT2D eigenvalue weighted by Crippen LogP contribution is -2.19. The first-order valence-electron chi connectivity index (χ1n) is 6.85. The number of carbonyl (C=O) groups excluding carboxylic acids is 1. The van der Waals surface area contributed by atoms with Gasteiger partial charge in [0.25, 0.3) is 10.0 Å². The predicted molar refractivity (Wildman–Crippen MR) is 82.7 cm³/mol. The van der Waals surface area contributed by atoms with Crippen LogP contribution in [0.1, 0.15) is 11.1 Å². The number of benzene rings is 2. The van der Waals surface area contributed by atoms with Crippen LogP contribution in [0.4, 0.5) is 4.39 Å². The standard InChI is InChI=1S/C16H12FNO5S/c17-12-5-1-11(2-6-12)15-14(9-23-16(15)19)10-3-7-13(8-4-10)24(21,22)18-20/h1-8,18,20H,9H2. The van der Waals surface area contributed by atoms with Gasteiger partial charge in [-0.2, -0.15) is 0 Å². The molecule has 124 valence electrons. The van der Waals surface area contributed by atoms with Crippen LogP contribution < -0.4 is 4.89 Å². The van der Waals surface area contributed by atoms with Crippen LogP contribution in [-0.4, -0.2) is 26.2 Å². The molecule has 0 amide bonds. The molecule has 0 bridgehead atoms. The number of hydrogen-bond acceptors (Lipinski definition) is 5. The molecular formula is C16H12FNO5S. The number of carbonyl (C=O) groups is 1. The van der Waals surface area contributed by atoms with Gasteiger partial charge in [-0.25, -0.2) is 17.6 Å². The highest BCUT2D eigenvalue weighted by molar-refractivity contribution is 7.89. The number of halogens is 1. The monoisotopic (exact) mass is 349 g/mol. The molecule has 1 aliphatic heterocycles. The molecule has 6 nitrogen and oxygen atoms in total. The van der Waals surface area contributed by atoms with E-state index in [2.05, 4.69) is 0 Å². The summed E-state index contributed by atoms with van der Waals surface area (Å²) in [4.78, 5) is 13.1. The van der Waals surface area contributed by atoms with Crippen LogP contribution in [0.3, 0.4) is 0 Å². The van der Waals surface area contributed by atoms with E-state index in [9.17, 15) is 17.6 Å². The van der Waals surface area contributed by atoms with E-state index in [1.165, 1.54) is 53.4 Å². The summed E-state index contributed by atoms with van der Waals surface area (Å²) < 4.78 is 41.2. The van der Waals surface area contributed by atoms with Crippen molar-refractivity contribution in [2.75, 3.05) is 6.61 Å². The second-order valence-electron chi connectivity index (χ2n) is 5.06. The molecule has 0 unspecified atom stereocenters. The Morgan fingerprint density at radius 3 is 2.17 bits per heavy atom. The normalized spacial score (nSPS) is 14.8. The fourth-order valence-electron chi connectivity index (χ4n) is 2.43. The third-order valence-corrected chi connectivity index (χ3v) is 4.75. The van der Waals surface area contributed by atoms with Crippen LogP contribution in [0.15, 0.2) is 53.4 Å². The molecule has 0 spiro atoms. The average molecular weight is 349 g/mol. The Morgan fingerprint density at radius 2 is 1.58 bits per heavy atom. The van der Waals surface area contributed by atoms with Gasteiger partial charge in [0.15, 0.2) is 0 Å². The molecule has 1 aliphatic rings. The fraction of sp³-hybridized carbons (Fsp3) is 0.0625. The number of esters is 1. The van der Waals surface area contributed by atoms with E-state index in [0.29, 0.717) is 22.3 Å². The van der Waals surface area contributed by atoms with E-state index < -0.39 is 21.8 Å². The zero-order chi connectivity index (χ0) is 17.3. The summed E-state index contributed by atoms with van der Waals surface area (Å²) in [5, 5.41) is 8.63. The van der Waals surface area contributed by atoms with E-state index in [-0.39, 0.29) is 11.5 Å². The molecule has 2 N–H and O–H groups in total.